The van der Waals surface area contributed by atoms with Gasteiger partial charge in [-0.15, -0.1) is 0 Å². The lowest BCUT2D eigenvalue weighted by Crippen LogP contribution is -2.35. The molecular formula is C34H34N2O5. The van der Waals surface area contributed by atoms with Gasteiger partial charge < -0.3 is 24.4 Å². The van der Waals surface area contributed by atoms with Crippen molar-refractivity contribution in [3.8, 4) is 39.5 Å². The van der Waals surface area contributed by atoms with Crippen molar-refractivity contribution in [2.24, 2.45) is 0 Å². The van der Waals surface area contributed by atoms with Crippen molar-refractivity contribution in [2.75, 3.05) is 32.6 Å². The minimum Gasteiger partial charge on any atom is -0.497 e. The van der Waals surface area contributed by atoms with E-state index in [1.807, 2.05) is 60.7 Å². The molecule has 1 amide bonds. The number of carbonyl (C=O) groups is 2. The van der Waals surface area contributed by atoms with E-state index >= 15 is 0 Å². The number of likely N-dealkylation sites (tertiary alicyclic amines) is 1. The molecule has 0 unspecified atom stereocenters. The zero-order chi connectivity index (χ0) is 28.8. The number of anilines is 1. The smallest absolute Gasteiger partial charge is 0.308 e. The Labute approximate surface area is 240 Å². The highest BCUT2D eigenvalue weighted by molar-refractivity contribution is 6.05. The summed E-state index contributed by atoms with van der Waals surface area (Å²) in [7, 11) is 3.73. The van der Waals surface area contributed by atoms with Crippen LogP contribution in [0.25, 0.3) is 22.3 Å². The van der Waals surface area contributed by atoms with Gasteiger partial charge >= 0.3 is 5.97 Å². The van der Waals surface area contributed by atoms with Crippen molar-refractivity contribution in [1.82, 2.24) is 4.90 Å². The number of benzene rings is 4. The van der Waals surface area contributed by atoms with E-state index in [0.29, 0.717) is 28.3 Å². The standard InChI is InChI=1S/C34H34N2O5/c1-23(37)40-33-16-11-27(22-32(33)26-5-4-6-31(21-26)39-3)34(38)35-28-12-7-24(8-13-28)25-9-14-29(15-10-25)41-30-17-19-36(2)20-18-30/h4-16,21-22,30H,17-20H2,1-3H3,(H,35,38). The molecule has 41 heavy (non-hydrogen) atoms. The molecule has 4 aromatic carbocycles. The minimum absolute atomic E-state index is 0.268. The molecule has 1 aliphatic rings. The first-order chi connectivity index (χ1) is 19.9. The Kier molecular flexibility index (Phi) is 8.65. The number of esters is 1. The third kappa shape index (κ3) is 7.13. The molecule has 5 rings (SSSR count). The van der Waals surface area contributed by atoms with E-state index in [0.717, 1.165) is 48.4 Å². The molecule has 7 heteroatoms. The molecule has 0 aliphatic carbocycles. The van der Waals surface area contributed by atoms with Crippen molar-refractivity contribution >= 4 is 17.6 Å². The van der Waals surface area contributed by atoms with Crippen molar-refractivity contribution in [3.05, 3.63) is 96.6 Å². The second kappa shape index (κ2) is 12.7. The number of methoxy groups -OCH3 is 1. The maximum atomic E-state index is 13.2. The Morgan fingerprint density at radius 2 is 1.49 bits per heavy atom. The molecule has 1 heterocycles. The first-order valence-electron chi connectivity index (χ1n) is 13.7. The fourth-order valence-electron chi connectivity index (χ4n) is 4.90. The predicted octanol–water partition coefficient (Wildman–Crippen LogP) is 6.68. The lowest BCUT2D eigenvalue weighted by Gasteiger charge is -2.29. The molecule has 4 aromatic rings. The summed E-state index contributed by atoms with van der Waals surface area (Å²) in [5, 5.41) is 2.96. The minimum atomic E-state index is -0.439. The van der Waals surface area contributed by atoms with Crippen LogP contribution in [-0.2, 0) is 4.79 Å². The van der Waals surface area contributed by atoms with Crippen LogP contribution in [0.15, 0.2) is 91.0 Å². The van der Waals surface area contributed by atoms with Crippen LogP contribution in [-0.4, -0.2) is 50.1 Å². The summed E-state index contributed by atoms with van der Waals surface area (Å²) in [5.41, 5.74) is 4.60. The molecule has 0 spiro atoms. The molecule has 1 aliphatic heterocycles. The fourth-order valence-corrected chi connectivity index (χ4v) is 4.90. The van der Waals surface area contributed by atoms with E-state index < -0.39 is 5.97 Å². The van der Waals surface area contributed by atoms with Gasteiger partial charge in [-0.2, -0.15) is 0 Å². The van der Waals surface area contributed by atoms with Crippen LogP contribution in [0, 0.1) is 0 Å². The van der Waals surface area contributed by atoms with Gasteiger partial charge in [0.05, 0.1) is 7.11 Å². The molecule has 0 radical (unpaired) electrons. The highest BCUT2D eigenvalue weighted by Gasteiger charge is 2.18. The fraction of sp³-hybridized carbons (Fsp3) is 0.235. The number of nitrogens with one attached hydrogen (secondary N) is 1. The number of hydrogen-bond acceptors (Lipinski definition) is 6. The maximum Gasteiger partial charge on any atom is 0.308 e. The number of nitrogens with zero attached hydrogens (tertiary/aromatic N) is 1. The van der Waals surface area contributed by atoms with Crippen LogP contribution >= 0.6 is 0 Å². The highest BCUT2D eigenvalue weighted by atomic mass is 16.5. The van der Waals surface area contributed by atoms with Crippen LogP contribution in [0.2, 0.25) is 0 Å². The van der Waals surface area contributed by atoms with E-state index in [9.17, 15) is 9.59 Å². The zero-order valence-electron chi connectivity index (χ0n) is 23.6. The van der Waals surface area contributed by atoms with E-state index in [1.54, 1.807) is 25.3 Å². The summed E-state index contributed by atoms with van der Waals surface area (Å²) >= 11 is 0. The number of ether oxygens (including phenoxy) is 3. The zero-order valence-corrected chi connectivity index (χ0v) is 23.6. The number of hydrogen-bond donors (Lipinski definition) is 1. The Balaban J connectivity index is 1.27. The molecular weight excluding hydrogens is 516 g/mol. The van der Waals surface area contributed by atoms with E-state index in [-0.39, 0.29) is 12.0 Å². The molecule has 210 valence electrons. The van der Waals surface area contributed by atoms with E-state index in [1.165, 1.54) is 6.92 Å². The predicted molar refractivity (Wildman–Crippen MR) is 161 cm³/mol. The second-order valence-electron chi connectivity index (χ2n) is 10.2. The summed E-state index contributed by atoms with van der Waals surface area (Å²) in [6, 6.07) is 28.2. The molecule has 0 saturated carbocycles. The Morgan fingerprint density at radius 1 is 0.805 bits per heavy atom. The Morgan fingerprint density at radius 3 is 2.15 bits per heavy atom. The van der Waals surface area contributed by atoms with Crippen molar-refractivity contribution in [2.45, 2.75) is 25.9 Å². The Hall–Kier alpha value is -4.62. The Bertz CT molecular complexity index is 1510. The molecule has 0 aromatic heterocycles. The van der Waals surface area contributed by atoms with Crippen LogP contribution in [0.5, 0.6) is 17.2 Å². The summed E-state index contributed by atoms with van der Waals surface area (Å²) < 4.78 is 16.9. The van der Waals surface area contributed by atoms with Crippen LogP contribution in [0.3, 0.4) is 0 Å². The third-order valence-electron chi connectivity index (χ3n) is 7.17. The van der Waals surface area contributed by atoms with Crippen molar-refractivity contribution < 1.29 is 23.8 Å². The number of piperidine rings is 1. The first kappa shape index (κ1) is 27.9. The monoisotopic (exact) mass is 550 g/mol. The normalized spacial score (nSPS) is 13.8. The van der Waals surface area contributed by atoms with Gasteiger partial charge in [0.2, 0.25) is 0 Å². The lowest BCUT2D eigenvalue weighted by atomic mass is 10.0. The van der Waals surface area contributed by atoms with Gasteiger partial charge in [0.15, 0.2) is 0 Å². The topological polar surface area (TPSA) is 77.1 Å². The maximum absolute atomic E-state index is 13.2. The van der Waals surface area contributed by atoms with Gasteiger partial charge in [-0.05, 0) is 91.2 Å². The summed E-state index contributed by atoms with van der Waals surface area (Å²) in [6.45, 7) is 3.47. The van der Waals surface area contributed by atoms with E-state index in [2.05, 4.69) is 29.4 Å². The average molecular weight is 551 g/mol. The van der Waals surface area contributed by atoms with Crippen LogP contribution in [0.1, 0.15) is 30.1 Å². The SMILES string of the molecule is COc1cccc(-c2cc(C(=O)Nc3ccc(-c4ccc(OC5CCN(C)CC5)cc4)cc3)ccc2OC(C)=O)c1. The third-order valence-corrected chi connectivity index (χ3v) is 7.17. The largest absolute Gasteiger partial charge is 0.497 e. The summed E-state index contributed by atoms with van der Waals surface area (Å²) in [5.74, 6) is 1.21. The number of carbonyl (C=O) groups excluding carboxylic acids is 2. The molecule has 7 nitrogen and oxygen atoms in total. The second-order valence-corrected chi connectivity index (χ2v) is 10.2. The van der Waals surface area contributed by atoms with Gasteiger partial charge in [-0.1, -0.05) is 36.4 Å². The quantitative estimate of drug-likeness (QED) is 0.195. The number of amides is 1. The summed E-state index contributed by atoms with van der Waals surface area (Å²) in [4.78, 5) is 27.2. The lowest BCUT2D eigenvalue weighted by molar-refractivity contribution is -0.131. The van der Waals surface area contributed by atoms with Gasteiger partial charge in [-0.25, -0.2) is 0 Å². The van der Waals surface area contributed by atoms with Gasteiger partial charge in [0.1, 0.15) is 23.4 Å². The van der Waals surface area contributed by atoms with E-state index in [4.69, 9.17) is 14.2 Å². The first-order valence-corrected chi connectivity index (χ1v) is 13.7. The van der Waals surface area contributed by atoms with Gasteiger partial charge in [0, 0.05) is 36.8 Å². The van der Waals surface area contributed by atoms with Crippen molar-refractivity contribution in [1.29, 1.82) is 0 Å². The summed E-state index contributed by atoms with van der Waals surface area (Å²) in [6.07, 6.45) is 2.36. The van der Waals surface area contributed by atoms with Gasteiger partial charge in [-0.3, -0.25) is 9.59 Å². The van der Waals surface area contributed by atoms with Crippen LogP contribution in [0.4, 0.5) is 5.69 Å². The highest BCUT2D eigenvalue weighted by Crippen LogP contribution is 2.34. The van der Waals surface area contributed by atoms with Crippen LogP contribution < -0.4 is 19.5 Å². The number of rotatable bonds is 8. The van der Waals surface area contributed by atoms with Crippen molar-refractivity contribution in [3.63, 3.8) is 0 Å². The average Bonchev–Trinajstić information content (AvgIpc) is 2.99. The molecule has 0 bridgehead atoms. The van der Waals surface area contributed by atoms with Gasteiger partial charge in [0.25, 0.3) is 5.91 Å². The molecule has 1 N–H and O–H groups in total. The molecule has 0 atom stereocenters. The molecule has 1 saturated heterocycles. The molecule has 1 fully saturated rings.